The van der Waals surface area contributed by atoms with Gasteiger partial charge in [0.1, 0.15) is 6.33 Å². The predicted molar refractivity (Wildman–Crippen MR) is 54.6 cm³/mol. The molecule has 14 heavy (non-hydrogen) atoms. The lowest BCUT2D eigenvalue weighted by Gasteiger charge is -2.11. The minimum atomic E-state index is 0.344. The Bertz CT molecular complexity index is 475. The van der Waals surface area contributed by atoms with E-state index < -0.39 is 0 Å². The summed E-state index contributed by atoms with van der Waals surface area (Å²) >= 11 is 6.22. The average Bonchev–Trinajstić information content (AvgIpc) is 2.50. The molecule has 0 aliphatic heterocycles. The Labute approximate surface area is 86.9 Å². The molecule has 0 fully saturated rings. The smallest absolute Gasteiger partial charge is 0.196 e. The van der Waals surface area contributed by atoms with Gasteiger partial charge in [-0.15, -0.1) is 10.2 Å². The molecule has 74 valence electrons. The Hall–Kier alpha value is -1.16. The highest BCUT2D eigenvalue weighted by Crippen LogP contribution is 2.28. The molecule has 2 aromatic heterocycles. The molecule has 0 aliphatic carbocycles. The summed E-state index contributed by atoms with van der Waals surface area (Å²) in [6.07, 6.45) is 1.55. The van der Waals surface area contributed by atoms with Gasteiger partial charge in [0.05, 0.1) is 10.7 Å². The Morgan fingerprint density at radius 2 is 2.14 bits per heavy atom. The number of hydrogen-bond acceptors (Lipinski definition) is 3. The number of halogens is 1. The number of aryl methyl sites for hydroxylation is 1. The summed E-state index contributed by atoms with van der Waals surface area (Å²) in [4.78, 5) is 0. The van der Waals surface area contributed by atoms with Crippen molar-refractivity contribution in [1.82, 2.24) is 19.8 Å². The molecule has 0 aromatic carbocycles. The van der Waals surface area contributed by atoms with E-state index in [0.717, 1.165) is 11.3 Å². The number of hydrogen-bond donors (Lipinski definition) is 0. The van der Waals surface area contributed by atoms with E-state index in [4.69, 9.17) is 11.6 Å². The van der Waals surface area contributed by atoms with Gasteiger partial charge in [0.15, 0.2) is 5.65 Å². The van der Waals surface area contributed by atoms with Crippen molar-refractivity contribution in [3.63, 3.8) is 0 Å². The van der Waals surface area contributed by atoms with Crippen molar-refractivity contribution >= 4 is 17.2 Å². The molecule has 4 nitrogen and oxygen atoms in total. The third-order valence-electron chi connectivity index (χ3n) is 2.19. The Morgan fingerprint density at radius 1 is 1.43 bits per heavy atom. The molecule has 2 heterocycles. The Kier molecular flexibility index (Phi) is 2.15. The van der Waals surface area contributed by atoms with E-state index >= 15 is 0 Å². The van der Waals surface area contributed by atoms with Gasteiger partial charge in [-0.3, -0.25) is 0 Å². The molecule has 5 heteroatoms. The van der Waals surface area contributed by atoms with Crippen LogP contribution in [-0.2, 0) is 0 Å². The lowest BCUT2D eigenvalue weighted by molar-refractivity contribution is 0.803. The van der Waals surface area contributed by atoms with Gasteiger partial charge in [0.2, 0.25) is 0 Å². The minimum absolute atomic E-state index is 0.344. The molecule has 0 saturated heterocycles. The van der Waals surface area contributed by atoms with Gasteiger partial charge >= 0.3 is 0 Å². The summed E-state index contributed by atoms with van der Waals surface area (Å²) in [6.45, 7) is 6.12. The SMILES string of the molecule is Cc1nn2cnnc2c(Cl)c1C(C)C. The van der Waals surface area contributed by atoms with Gasteiger partial charge in [-0.2, -0.15) is 9.61 Å². The molecule has 0 aliphatic rings. The number of nitrogens with zero attached hydrogens (tertiary/aromatic N) is 4. The van der Waals surface area contributed by atoms with Crippen molar-refractivity contribution in [1.29, 1.82) is 0 Å². The number of rotatable bonds is 1. The second-order valence-electron chi connectivity index (χ2n) is 3.57. The first-order valence-corrected chi connectivity index (χ1v) is 4.85. The van der Waals surface area contributed by atoms with Crippen LogP contribution in [0.15, 0.2) is 6.33 Å². The summed E-state index contributed by atoms with van der Waals surface area (Å²) in [5.74, 6) is 0.344. The van der Waals surface area contributed by atoms with Crippen LogP contribution in [0.4, 0.5) is 0 Å². The Morgan fingerprint density at radius 3 is 2.79 bits per heavy atom. The monoisotopic (exact) mass is 210 g/mol. The van der Waals surface area contributed by atoms with Crippen LogP contribution < -0.4 is 0 Å². The van der Waals surface area contributed by atoms with Crippen molar-refractivity contribution < 1.29 is 0 Å². The molecule has 0 amide bonds. The molecule has 0 atom stereocenters. The van der Waals surface area contributed by atoms with Crippen LogP contribution in [0.25, 0.3) is 5.65 Å². The second kappa shape index (κ2) is 3.20. The molecular formula is C9H11ClN4. The summed E-state index contributed by atoms with van der Waals surface area (Å²) < 4.78 is 1.60. The number of aromatic nitrogens is 4. The molecule has 0 spiro atoms. The zero-order valence-corrected chi connectivity index (χ0v) is 9.08. The zero-order chi connectivity index (χ0) is 10.3. The maximum atomic E-state index is 6.22. The summed E-state index contributed by atoms with van der Waals surface area (Å²) in [5.41, 5.74) is 2.60. The van der Waals surface area contributed by atoms with Gasteiger partial charge < -0.3 is 0 Å². The number of fused-ring (bicyclic) bond motifs is 1. The maximum Gasteiger partial charge on any atom is 0.196 e. The first-order valence-electron chi connectivity index (χ1n) is 4.47. The minimum Gasteiger partial charge on any atom is -0.199 e. The molecular weight excluding hydrogens is 200 g/mol. The quantitative estimate of drug-likeness (QED) is 0.725. The summed E-state index contributed by atoms with van der Waals surface area (Å²) in [7, 11) is 0. The van der Waals surface area contributed by atoms with Gasteiger partial charge in [-0.05, 0) is 12.8 Å². The lowest BCUT2D eigenvalue weighted by atomic mass is 10.0. The van der Waals surface area contributed by atoms with Crippen LogP contribution in [0, 0.1) is 6.92 Å². The van der Waals surface area contributed by atoms with E-state index in [2.05, 4.69) is 29.1 Å². The van der Waals surface area contributed by atoms with Crippen LogP contribution in [0.3, 0.4) is 0 Å². The van der Waals surface area contributed by atoms with Crippen molar-refractivity contribution in [2.45, 2.75) is 26.7 Å². The molecule has 0 saturated carbocycles. The fourth-order valence-corrected chi connectivity index (χ4v) is 2.09. The second-order valence-corrected chi connectivity index (χ2v) is 3.94. The van der Waals surface area contributed by atoms with Gasteiger partial charge in [0.25, 0.3) is 0 Å². The van der Waals surface area contributed by atoms with Gasteiger partial charge in [-0.25, -0.2) is 0 Å². The molecule has 2 rings (SSSR count). The zero-order valence-electron chi connectivity index (χ0n) is 8.32. The van der Waals surface area contributed by atoms with E-state index in [1.54, 1.807) is 10.8 Å². The topological polar surface area (TPSA) is 43.1 Å². The molecule has 2 aromatic rings. The highest BCUT2D eigenvalue weighted by molar-refractivity contribution is 6.34. The lowest BCUT2D eigenvalue weighted by Crippen LogP contribution is -2.02. The third kappa shape index (κ3) is 1.26. The fourth-order valence-electron chi connectivity index (χ4n) is 1.61. The first kappa shape index (κ1) is 9.40. The molecule has 0 bridgehead atoms. The standard InChI is InChI=1S/C9H11ClN4/c1-5(2)7-6(3)13-14-4-11-12-9(14)8(7)10/h4-5H,1-3H3. The Balaban J connectivity index is 2.82. The highest BCUT2D eigenvalue weighted by Gasteiger charge is 2.14. The maximum absolute atomic E-state index is 6.22. The van der Waals surface area contributed by atoms with Gasteiger partial charge in [-0.1, -0.05) is 25.4 Å². The van der Waals surface area contributed by atoms with Crippen molar-refractivity contribution in [3.05, 3.63) is 22.6 Å². The van der Waals surface area contributed by atoms with Crippen molar-refractivity contribution in [2.24, 2.45) is 0 Å². The van der Waals surface area contributed by atoms with Crippen molar-refractivity contribution in [3.8, 4) is 0 Å². The molecule has 0 radical (unpaired) electrons. The fraction of sp³-hybridized carbons (Fsp3) is 0.444. The average molecular weight is 211 g/mol. The van der Waals surface area contributed by atoms with Gasteiger partial charge in [0, 0.05) is 5.56 Å². The highest BCUT2D eigenvalue weighted by atomic mass is 35.5. The summed E-state index contributed by atoms with van der Waals surface area (Å²) in [6, 6.07) is 0. The van der Waals surface area contributed by atoms with Crippen LogP contribution in [0.1, 0.15) is 31.0 Å². The summed E-state index contributed by atoms with van der Waals surface area (Å²) in [5, 5.41) is 12.7. The third-order valence-corrected chi connectivity index (χ3v) is 2.56. The van der Waals surface area contributed by atoms with E-state index in [0.29, 0.717) is 16.6 Å². The largest absolute Gasteiger partial charge is 0.199 e. The van der Waals surface area contributed by atoms with Crippen LogP contribution >= 0.6 is 11.6 Å². The van der Waals surface area contributed by atoms with Crippen LogP contribution in [0.2, 0.25) is 5.02 Å². The normalized spacial score (nSPS) is 11.5. The van der Waals surface area contributed by atoms with Crippen LogP contribution in [0.5, 0.6) is 0 Å². The first-order chi connectivity index (χ1) is 6.61. The van der Waals surface area contributed by atoms with E-state index in [-0.39, 0.29) is 0 Å². The van der Waals surface area contributed by atoms with E-state index in [1.807, 2.05) is 6.92 Å². The van der Waals surface area contributed by atoms with E-state index in [1.165, 1.54) is 0 Å². The van der Waals surface area contributed by atoms with Crippen LogP contribution in [-0.4, -0.2) is 19.8 Å². The van der Waals surface area contributed by atoms with E-state index in [9.17, 15) is 0 Å². The predicted octanol–water partition coefficient (Wildman–Crippen LogP) is 2.21. The molecule has 0 N–H and O–H groups in total. The van der Waals surface area contributed by atoms with Crippen molar-refractivity contribution in [2.75, 3.05) is 0 Å². The molecule has 0 unspecified atom stereocenters.